The number of hydrogen-bond acceptors (Lipinski definition) is 6. The van der Waals surface area contributed by atoms with Gasteiger partial charge in [0.2, 0.25) is 11.8 Å². The smallest absolute Gasteiger partial charge is 0.322 e. The summed E-state index contributed by atoms with van der Waals surface area (Å²) < 4.78 is 5.37. The van der Waals surface area contributed by atoms with Crippen LogP contribution in [0.1, 0.15) is 51.3 Å². The summed E-state index contributed by atoms with van der Waals surface area (Å²) in [4.78, 5) is 14.1. The van der Waals surface area contributed by atoms with E-state index in [0.717, 1.165) is 25.7 Å². The van der Waals surface area contributed by atoms with Gasteiger partial charge in [0.25, 0.3) is 0 Å². The second-order valence-electron chi connectivity index (χ2n) is 6.13. The number of nitrogens with two attached hydrogens (primary N) is 1. The van der Waals surface area contributed by atoms with Crippen LogP contribution in [0, 0.1) is 0 Å². The molecule has 1 aromatic rings. The maximum atomic E-state index is 12.0. The molecule has 0 radical (unpaired) electrons. The Kier molecular flexibility index (Phi) is 5.30. The normalized spacial score (nSPS) is 22.8. The van der Waals surface area contributed by atoms with Crippen LogP contribution < -0.4 is 11.1 Å². The van der Waals surface area contributed by atoms with E-state index in [-0.39, 0.29) is 17.8 Å². The molecule has 1 fully saturated rings. The Morgan fingerprint density at radius 2 is 2.05 bits per heavy atom. The molecule has 0 spiro atoms. The summed E-state index contributed by atoms with van der Waals surface area (Å²) in [5.74, 6) is 0.545. The molecule has 0 aromatic carbocycles. The minimum Gasteiger partial charge on any atom is -0.408 e. The number of nitrogens with zero attached hydrogens (tertiary/aromatic N) is 3. The van der Waals surface area contributed by atoms with Crippen LogP contribution in [0.5, 0.6) is 0 Å². The molecule has 0 saturated heterocycles. The van der Waals surface area contributed by atoms with E-state index in [1.54, 1.807) is 0 Å². The molecule has 7 nitrogen and oxygen atoms in total. The number of anilines is 1. The first kappa shape index (κ1) is 15.9. The van der Waals surface area contributed by atoms with Crippen LogP contribution in [0.25, 0.3) is 0 Å². The molecule has 1 amide bonds. The molecule has 7 heteroatoms. The number of amides is 1. The van der Waals surface area contributed by atoms with E-state index < -0.39 is 0 Å². The number of aromatic nitrogens is 2. The third kappa shape index (κ3) is 4.50. The van der Waals surface area contributed by atoms with Gasteiger partial charge in [0.05, 0.1) is 6.54 Å². The van der Waals surface area contributed by atoms with Crippen LogP contribution in [0.2, 0.25) is 0 Å². The molecular formula is C14H25N5O2. The molecule has 21 heavy (non-hydrogen) atoms. The van der Waals surface area contributed by atoms with Gasteiger partial charge in [-0.25, -0.2) is 0 Å². The molecular weight excluding hydrogens is 270 g/mol. The lowest BCUT2D eigenvalue weighted by Gasteiger charge is -2.32. The van der Waals surface area contributed by atoms with Crippen molar-refractivity contribution in [2.45, 2.75) is 57.5 Å². The highest BCUT2D eigenvalue weighted by atomic mass is 16.4. The van der Waals surface area contributed by atoms with E-state index in [4.69, 9.17) is 10.2 Å². The Balaban J connectivity index is 1.80. The highest BCUT2D eigenvalue weighted by Crippen LogP contribution is 2.21. The van der Waals surface area contributed by atoms with Crippen molar-refractivity contribution in [3.8, 4) is 0 Å². The number of nitrogens with one attached hydrogen (secondary N) is 1. The van der Waals surface area contributed by atoms with Crippen LogP contribution in [0.4, 0.5) is 6.01 Å². The quantitative estimate of drug-likeness (QED) is 0.850. The third-order valence-corrected chi connectivity index (χ3v) is 3.94. The van der Waals surface area contributed by atoms with Gasteiger partial charge in [0.1, 0.15) is 0 Å². The van der Waals surface area contributed by atoms with Crippen LogP contribution in [0.3, 0.4) is 0 Å². The average molecular weight is 295 g/mol. The van der Waals surface area contributed by atoms with Gasteiger partial charge in [-0.3, -0.25) is 15.0 Å². The summed E-state index contributed by atoms with van der Waals surface area (Å²) in [5.41, 5.74) is 5.90. The monoisotopic (exact) mass is 295 g/mol. The van der Waals surface area contributed by atoms with Gasteiger partial charge in [-0.2, -0.15) is 0 Å². The molecule has 1 heterocycles. The lowest BCUT2D eigenvalue weighted by molar-refractivity contribution is -0.117. The Morgan fingerprint density at radius 3 is 2.62 bits per heavy atom. The number of rotatable bonds is 5. The molecule has 118 valence electrons. The maximum Gasteiger partial charge on any atom is 0.322 e. The predicted octanol–water partition coefficient (Wildman–Crippen LogP) is 1.33. The lowest BCUT2D eigenvalue weighted by atomic mass is 9.91. The zero-order chi connectivity index (χ0) is 15.4. The van der Waals surface area contributed by atoms with Gasteiger partial charge in [-0.15, -0.1) is 5.10 Å². The van der Waals surface area contributed by atoms with Gasteiger partial charge in [0, 0.05) is 18.0 Å². The van der Waals surface area contributed by atoms with Crippen molar-refractivity contribution in [1.82, 2.24) is 15.1 Å². The van der Waals surface area contributed by atoms with Gasteiger partial charge in [-0.05, 0) is 32.7 Å². The Bertz CT molecular complexity index is 466. The van der Waals surface area contributed by atoms with Gasteiger partial charge >= 0.3 is 6.01 Å². The first-order chi connectivity index (χ1) is 9.95. The minimum atomic E-state index is -0.133. The second-order valence-corrected chi connectivity index (χ2v) is 6.13. The molecule has 0 atom stereocenters. The van der Waals surface area contributed by atoms with Crippen molar-refractivity contribution in [3.63, 3.8) is 0 Å². The molecule has 0 aliphatic heterocycles. The first-order valence-electron chi connectivity index (χ1n) is 7.54. The molecule has 0 unspecified atom stereocenters. The molecule has 0 bridgehead atoms. The summed E-state index contributed by atoms with van der Waals surface area (Å²) in [6.07, 6.45) is 4.14. The van der Waals surface area contributed by atoms with Crippen molar-refractivity contribution in [2.24, 2.45) is 5.73 Å². The molecule has 3 N–H and O–H groups in total. The number of carbonyl (C=O) groups excluding carboxylic acids is 1. The summed E-state index contributed by atoms with van der Waals surface area (Å²) in [5, 5.41) is 10.4. The van der Waals surface area contributed by atoms with Crippen LogP contribution >= 0.6 is 0 Å². The minimum absolute atomic E-state index is 0.133. The number of carbonyl (C=O) groups is 1. The summed E-state index contributed by atoms with van der Waals surface area (Å²) >= 11 is 0. The number of likely N-dealkylation sites (N-methyl/N-ethyl adjacent to an activating group) is 1. The molecule has 2 rings (SSSR count). The lowest BCUT2D eigenvalue weighted by Crippen LogP contribution is -2.42. The van der Waals surface area contributed by atoms with E-state index in [1.807, 2.05) is 20.9 Å². The van der Waals surface area contributed by atoms with Gasteiger partial charge < -0.3 is 10.2 Å². The average Bonchev–Trinajstić information content (AvgIpc) is 2.87. The fourth-order valence-electron chi connectivity index (χ4n) is 2.58. The van der Waals surface area contributed by atoms with Crippen molar-refractivity contribution in [3.05, 3.63) is 5.89 Å². The van der Waals surface area contributed by atoms with E-state index in [0.29, 0.717) is 24.5 Å². The topological polar surface area (TPSA) is 97.3 Å². The van der Waals surface area contributed by atoms with Crippen LogP contribution in [-0.4, -0.2) is 46.7 Å². The summed E-state index contributed by atoms with van der Waals surface area (Å²) in [6, 6.07) is 0.906. The van der Waals surface area contributed by atoms with E-state index in [2.05, 4.69) is 20.4 Å². The summed E-state index contributed by atoms with van der Waals surface area (Å²) in [6.45, 7) is 4.24. The van der Waals surface area contributed by atoms with E-state index in [1.165, 1.54) is 0 Å². The number of hydrogen-bond donors (Lipinski definition) is 2. The zero-order valence-electron chi connectivity index (χ0n) is 13.0. The van der Waals surface area contributed by atoms with E-state index in [9.17, 15) is 4.79 Å². The molecule has 1 aliphatic carbocycles. The highest BCUT2D eigenvalue weighted by Gasteiger charge is 2.23. The SMILES string of the molecule is CC(C)c1nnc(NC(=O)CN(C)C2CCC(N)CC2)o1. The molecule has 1 aliphatic rings. The third-order valence-electron chi connectivity index (χ3n) is 3.94. The van der Waals surface area contributed by atoms with E-state index >= 15 is 0 Å². The predicted molar refractivity (Wildman–Crippen MR) is 79.9 cm³/mol. The van der Waals surface area contributed by atoms with Crippen LogP contribution in [0.15, 0.2) is 4.42 Å². The van der Waals surface area contributed by atoms with Crippen LogP contribution in [-0.2, 0) is 4.79 Å². The Morgan fingerprint density at radius 1 is 1.38 bits per heavy atom. The second kappa shape index (κ2) is 7.00. The first-order valence-corrected chi connectivity index (χ1v) is 7.54. The highest BCUT2D eigenvalue weighted by molar-refractivity contribution is 5.90. The van der Waals surface area contributed by atoms with Crippen molar-refractivity contribution in [1.29, 1.82) is 0 Å². The van der Waals surface area contributed by atoms with Crippen molar-refractivity contribution < 1.29 is 9.21 Å². The fraction of sp³-hybridized carbons (Fsp3) is 0.786. The molecule has 1 aromatic heterocycles. The maximum absolute atomic E-state index is 12.0. The van der Waals surface area contributed by atoms with Gasteiger partial charge in [-0.1, -0.05) is 18.9 Å². The largest absolute Gasteiger partial charge is 0.408 e. The van der Waals surface area contributed by atoms with Crippen molar-refractivity contribution >= 4 is 11.9 Å². The fourth-order valence-corrected chi connectivity index (χ4v) is 2.58. The van der Waals surface area contributed by atoms with Gasteiger partial charge in [0.15, 0.2) is 0 Å². The standard InChI is InChI=1S/C14H25N5O2/c1-9(2)13-17-18-14(21-13)16-12(20)8-19(3)11-6-4-10(15)5-7-11/h9-11H,4-8,15H2,1-3H3,(H,16,18,20). The molecule has 1 saturated carbocycles. The summed E-state index contributed by atoms with van der Waals surface area (Å²) in [7, 11) is 1.97. The Labute approximate surface area is 125 Å². The van der Waals surface area contributed by atoms with Crippen molar-refractivity contribution in [2.75, 3.05) is 18.9 Å². The zero-order valence-corrected chi connectivity index (χ0v) is 13.0. The Hall–Kier alpha value is -1.47.